The standard InChI is InChI=1S/C20H21N3O3S/c1-13-8-16(27(24,25)23-9-14-11-26-12-15(14)10-23)2-3-17(13)18-4-6-21-20-19(18)5-7-22-20/h2-8,14-15H,9-12H2,1H3,(H,21,22)/t14-,15+. The van der Waals surface area contributed by atoms with Crippen molar-refractivity contribution in [3.8, 4) is 11.1 Å². The minimum absolute atomic E-state index is 0.332. The Kier molecular flexibility index (Phi) is 3.86. The van der Waals surface area contributed by atoms with Crippen LogP contribution in [0.25, 0.3) is 22.2 Å². The number of aromatic amines is 1. The number of nitrogens with one attached hydrogen (secondary N) is 1. The fraction of sp³-hybridized carbons (Fsp3) is 0.350. The van der Waals surface area contributed by atoms with E-state index in [1.165, 1.54) is 0 Å². The summed E-state index contributed by atoms with van der Waals surface area (Å²) in [7, 11) is -3.47. The molecule has 0 spiro atoms. The molecular formula is C20H21N3O3S. The zero-order valence-corrected chi connectivity index (χ0v) is 15.9. The van der Waals surface area contributed by atoms with Crippen LogP contribution in [-0.4, -0.2) is 49.0 Å². The highest BCUT2D eigenvalue weighted by Gasteiger charge is 2.42. The first kappa shape index (κ1) is 16.9. The van der Waals surface area contributed by atoms with Gasteiger partial charge in [-0.25, -0.2) is 13.4 Å². The molecule has 0 bridgehead atoms. The summed E-state index contributed by atoms with van der Waals surface area (Å²) in [6.07, 6.45) is 3.63. The first-order valence-corrected chi connectivity index (χ1v) is 10.6. The summed E-state index contributed by atoms with van der Waals surface area (Å²) in [5.74, 6) is 0.665. The summed E-state index contributed by atoms with van der Waals surface area (Å²) >= 11 is 0. The minimum atomic E-state index is -3.47. The number of hydrogen-bond acceptors (Lipinski definition) is 4. The Labute approximate surface area is 158 Å². The molecule has 0 aliphatic carbocycles. The van der Waals surface area contributed by atoms with Crippen molar-refractivity contribution in [3.63, 3.8) is 0 Å². The van der Waals surface area contributed by atoms with Crippen LogP contribution in [0, 0.1) is 18.8 Å². The van der Waals surface area contributed by atoms with Crippen LogP contribution in [0.2, 0.25) is 0 Å². The van der Waals surface area contributed by atoms with E-state index in [1.807, 2.05) is 31.3 Å². The normalized spacial score (nSPS) is 23.1. The predicted molar refractivity (Wildman–Crippen MR) is 103 cm³/mol. The van der Waals surface area contributed by atoms with Crippen molar-refractivity contribution in [2.75, 3.05) is 26.3 Å². The number of hydrogen-bond donors (Lipinski definition) is 1. The lowest BCUT2D eigenvalue weighted by molar-refractivity contribution is 0.168. The van der Waals surface area contributed by atoms with Crippen molar-refractivity contribution in [1.82, 2.24) is 14.3 Å². The zero-order chi connectivity index (χ0) is 18.6. The molecule has 1 aromatic carbocycles. The Morgan fingerprint density at radius 1 is 1.11 bits per heavy atom. The number of H-pyrrole nitrogens is 1. The molecule has 140 valence electrons. The number of aromatic nitrogens is 2. The molecule has 1 N–H and O–H groups in total. The third-order valence-corrected chi connectivity index (χ3v) is 7.62. The smallest absolute Gasteiger partial charge is 0.243 e. The van der Waals surface area contributed by atoms with E-state index in [-0.39, 0.29) is 0 Å². The van der Waals surface area contributed by atoms with Gasteiger partial charge in [0.15, 0.2) is 0 Å². The second kappa shape index (κ2) is 6.15. The molecule has 6 nitrogen and oxygen atoms in total. The Morgan fingerprint density at radius 2 is 1.89 bits per heavy atom. The summed E-state index contributed by atoms with van der Waals surface area (Å²) < 4.78 is 33.3. The zero-order valence-electron chi connectivity index (χ0n) is 15.1. The molecule has 0 radical (unpaired) electrons. The van der Waals surface area contributed by atoms with E-state index in [1.54, 1.807) is 22.6 Å². The lowest BCUT2D eigenvalue weighted by Crippen LogP contribution is -2.30. The molecule has 2 fully saturated rings. The van der Waals surface area contributed by atoms with Gasteiger partial charge in [0.25, 0.3) is 0 Å². The van der Waals surface area contributed by atoms with E-state index in [0.717, 1.165) is 27.7 Å². The number of benzene rings is 1. The topological polar surface area (TPSA) is 75.3 Å². The molecule has 4 heterocycles. The predicted octanol–water partition coefficient (Wildman–Crippen LogP) is 2.81. The molecule has 2 atom stereocenters. The molecule has 3 aromatic rings. The summed E-state index contributed by atoms with van der Waals surface area (Å²) in [4.78, 5) is 7.81. The number of rotatable bonds is 3. The highest BCUT2D eigenvalue weighted by molar-refractivity contribution is 7.89. The number of ether oxygens (including phenoxy) is 1. The van der Waals surface area contributed by atoms with Gasteiger partial charge in [-0.1, -0.05) is 6.07 Å². The summed E-state index contributed by atoms with van der Waals surface area (Å²) in [5, 5.41) is 1.03. The van der Waals surface area contributed by atoms with Crippen LogP contribution in [0.4, 0.5) is 0 Å². The van der Waals surface area contributed by atoms with Gasteiger partial charge in [0.2, 0.25) is 10.0 Å². The Balaban J connectivity index is 1.51. The molecule has 5 rings (SSSR count). The van der Waals surface area contributed by atoms with Gasteiger partial charge >= 0.3 is 0 Å². The van der Waals surface area contributed by atoms with E-state index < -0.39 is 10.0 Å². The van der Waals surface area contributed by atoms with Crippen LogP contribution in [-0.2, 0) is 14.8 Å². The average molecular weight is 383 g/mol. The highest BCUT2D eigenvalue weighted by Crippen LogP contribution is 2.35. The first-order chi connectivity index (χ1) is 13.0. The number of sulfonamides is 1. The van der Waals surface area contributed by atoms with Crippen LogP contribution in [0.1, 0.15) is 5.56 Å². The van der Waals surface area contributed by atoms with E-state index in [9.17, 15) is 8.42 Å². The third-order valence-electron chi connectivity index (χ3n) is 5.79. The number of pyridine rings is 1. The fourth-order valence-electron chi connectivity index (χ4n) is 4.28. The van der Waals surface area contributed by atoms with E-state index in [0.29, 0.717) is 43.0 Å². The fourth-order valence-corrected chi connectivity index (χ4v) is 5.92. The lowest BCUT2D eigenvalue weighted by Gasteiger charge is -2.18. The van der Waals surface area contributed by atoms with Crippen molar-refractivity contribution in [1.29, 1.82) is 0 Å². The SMILES string of the molecule is Cc1cc(S(=O)(=O)N2C[C@H]3COC[C@H]3C2)ccc1-c1ccnc2[nH]ccc12. The number of nitrogens with zero attached hydrogens (tertiary/aromatic N) is 2. The van der Waals surface area contributed by atoms with Crippen molar-refractivity contribution in [2.45, 2.75) is 11.8 Å². The molecule has 2 saturated heterocycles. The van der Waals surface area contributed by atoms with Gasteiger partial charge in [0.1, 0.15) is 5.65 Å². The van der Waals surface area contributed by atoms with E-state index in [4.69, 9.17) is 4.74 Å². The van der Waals surface area contributed by atoms with Crippen LogP contribution < -0.4 is 0 Å². The molecule has 27 heavy (non-hydrogen) atoms. The van der Waals surface area contributed by atoms with Crippen LogP contribution in [0.3, 0.4) is 0 Å². The summed E-state index contributed by atoms with van der Waals surface area (Å²) in [6.45, 7) is 4.41. The van der Waals surface area contributed by atoms with E-state index >= 15 is 0 Å². The minimum Gasteiger partial charge on any atom is -0.381 e. The maximum atomic E-state index is 13.1. The monoisotopic (exact) mass is 383 g/mol. The van der Waals surface area contributed by atoms with Gasteiger partial charge in [0.05, 0.1) is 18.1 Å². The highest BCUT2D eigenvalue weighted by atomic mass is 32.2. The van der Waals surface area contributed by atoms with Gasteiger partial charge in [0, 0.05) is 42.7 Å². The average Bonchev–Trinajstić information content (AvgIpc) is 3.36. The second-order valence-electron chi connectivity index (χ2n) is 7.45. The van der Waals surface area contributed by atoms with Crippen LogP contribution in [0.5, 0.6) is 0 Å². The molecule has 0 unspecified atom stereocenters. The van der Waals surface area contributed by atoms with Gasteiger partial charge in [-0.15, -0.1) is 0 Å². The summed E-state index contributed by atoms with van der Waals surface area (Å²) in [6, 6.07) is 9.38. The van der Waals surface area contributed by atoms with Gasteiger partial charge < -0.3 is 9.72 Å². The lowest BCUT2D eigenvalue weighted by atomic mass is 9.99. The Hall–Kier alpha value is -2.22. The van der Waals surface area contributed by atoms with Crippen molar-refractivity contribution >= 4 is 21.1 Å². The molecule has 7 heteroatoms. The molecule has 0 amide bonds. The van der Waals surface area contributed by atoms with Crippen molar-refractivity contribution < 1.29 is 13.2 Å². The first-order valence-electron chi connectivity index (χ1n) is 9.15. The number of aryl methyl sites for hydroxylation is 1. The molecule has 2 aromatic heterocycles. The third kappa shape index (κ3) is 2.69. The Morgan fingerprint density at radius 3 is 2.63 bits per heavy atom. The quantitative estimate of drug-likeness (QED) is 0.755. The summed E-state index contributed by atoms with van der Waals surface area (Å²) in [5.41, 5.74) is 3.84. The van der Waals surface area contributed by atoms with Crippen LogP contribution >= 0.6 is 0 Å². The van der Waals surface area contributed by atoms with Gasteiger partial charge in [-0.2, -0.15) is 4.31 Å². The van der Waals surface area contributed by atoms with Gasteiger partial charge in [-0.05, 0) is 47.9 Å². The maximum Gasteiger partial charge on any atom is 0.243 e. The van der Waals surface area contributed by atoms with E-state index in [2.05, 4.69) is 9.97 Å². The van der Waals surface area contributed by atoms with Gasteiger partial charge in [-0.3, -0.25) is 0 Å². The largest absolute Gasteiger partial charge is 0.381 e. The Bertz CT molecular complexity index is 1110. The maximum absolute atomic E-state index is 13.1. The second-order valence-corrected chi connectivity index (χ2v) is 9.39. The molecular weight excluding hydrogens is 362 g/mol. The van der Waals surface area contributed by atoms with Crippen molar-refractivity contribution in [3.05, 3.63) is 48.3 Å². The van der Waals surface area contributed by atoms with Crippen molar-refractivity contribution in [2.24, 2.45) is 11.8 Å². The molecule has 0 saturated carbocycles. The molecule has 2 aliphatic heterocycles. The molecule has 2 aliphatic rings. The number of fused-ring (bicyclic) bond motifs is 2. The van der Waals surface area contributed by atoms with Crippen LogP contribution in [0.15, 0.2) is 47.6 Å².